The molecule has 3 heterocycles. The fourth-order valence-corrected chi connectivity index (χ4v) is 3.52. The molecule has 6 heteroatoms. The molecule has 0 bridgehead atoms. The fourth-order valence-electron chi connectivity index (χ4n) is 3.52. The zero-order valence-electron chi connectivity index (χ0n) is 12.6. The van der Waals surface area contributed by atoms with Crippen molar-refractivity contribution in [3.8, 4) is 0 Å². The van der Waals surface area contributed by atoms with Gasteiger partial charge in [-0.25, -0.2) is 9.67 Å². The molecule has 1 fully saturated rings. The van der Waals surface area contributed by atoms with Crippen molar-refractivity contribution in [2.75, 3.05) is 6.54 Å². The first-order valence-corrected chi connectivity index (χ1v) is 8.03. The minimum atomic E-state index is -0.0375. The highest BCUT2D eigenvalue weighted by molar-refractivity contribution is 5.15. The van der Waals surface area contributed by atoms with Gasteiger partial charge >= 0.3 is 0 Å². The van der Waals surface area contributed by atoms with Crippen LogP contribution in [0.4, 0.5) is 0 Å². The molecule has 0 spiro atoms. The van der Waals surface area contributed by atoms with E-state index in [4.69, 9.17) is 4.42 Å². The summed E-state index contributed by atoms with van der Waals surface area (Å²) in [7, 11) is 0. The van der Waals surface area contributed by atoms with Gasteiger partial charge in [-0.3, -0.25) is 9.69 Å². The lowest BCUT2D eigenvalue weighted by Gasteiger charge is -2.23. The first kappa shape index (κ1) is 13.7. The van der Waals surface area contributed by atoms with Gasteiger partial charge in [0.25, 0.3) is 5.56 Å². The minimum Gasteiger partial charge on any atom is -0.444 e. The molecule has 1 unspecified atom stereocenters. The molecule has 2 aromatic rings. The van der Waals surface area contributed by atoms with E-state index in [-0.39, 0.29) is 5.56 Å². The summed E-state index contributed by atoms with van der Waals surface area (Å²) in [5.74, 6) is 1.90. The maximum absolute atomic E-state index is 11.8. The van der Waals surface area contributed by atoms with Crippen molar-refractivity contribution in [3.05, 3.63) is 46.0 Å². The van der Waals surface area contributed by atoms with E-state index in [1.165, 1.54) is 0 Å². The molecular formula is C16H20N4O2. The monoisotopic (exact) mass is 300 g/mol. The van der Waals surface area contributed by atoms with Crippen molar-refractivity contribution < 1.29 is 4.42 Å². The second-order valence-corrected chi connectivity index (χ2v) is 6.14. The van der Waals surface area contributed by atoms with Crippen LogP contribution in [0.25, 0.3) is 0 Å². The summed E-state index contributed by atoms with van der Waals surface area (Å²) < 4.78 is 7.43. The smallest absolute Gasteiger partial charge is 0.266 e. The summed E-state index contributed by atoms with van der Waals surface area (Å²) in [6, 6.07) is 3.57. The van der Waals surface area contributed by atoms with E-state index in [0.29, 0.717) is 12.6 Å². The van der Waals surface area contributed by atoms with Crippen LogP contribution in [-0.2, 0) is 25.9 Å². The van der Waals surface area contributed by atoms with Gasteiger partial charge in [0, 0.05) is 24.7 Å². The molecule has 1 atom stereocenters. The first-order chi connectivity index (χ1) is 10.8. The topological polar surface area (TPSA) is 64.2 Å². The summed E-state index contributed by atoms with van der Waals surface area (Å²) in [6.45, 7) is 2.40. The Hall–Kier alpha value is -1.95. The van der Waals surface area contributed by atoms with Crippen molar-refractivity contribution >= 4 is 0 Å². The van der Waals surface area contributed by atoms with E-state index in [9.17, 15) is 4.79 Å². The Morgan fingerprint density at radius 1 is 1.32 bits per heavy atom. The van der Waals surface area contributed by atoms with Gasteiger partial charge in [0.1, 0.15) is 5.76 Å². The number of likely N-dealkylation sites (tertiary alicyclic amines) is 1. The van der Waals surface area contributed by atoms with Gasteiger partial charge < -0.3 is 4.42 Å². The molecule has 6 nitrogen and oxygen atoms in total. The molecule has 1 aliphatic heterocycles. The SMILES string of the molecule is O=c1cccnn1CC1CCCN1Cc1nc2c(o1)CCC2. The molecular weight excluding hydrogens is 280 g/mol. The van der Waals surface area contributed by atoms with Crippen molar-refractivity contribution in [1.82, 2.24) is 19.7 Å². The van der Waals surface area contributed by atoms with E-state index in [0.717, 1.165) is 62.5 Å². The zero-order chi connectivity index (χ0) is 14.9. The molecule has 2 aliphatic rings. The maximum atomic E-state index is 11.8. The minimum absolute atomic E-state index is 0.0375. The van der Waals surface area contributed by atoms with E-state index in [1.807, 2.05) is 0 Å². The van der Waals surface area contributed by atoms with Crippen LogP contribution in [0.1, 0.15) is 36.6 Å². The largest absolute Gasteiger partial charge is 0.444 e. The highest BCUT2D eigenvalue weighted by atomic mass is 16.4. The van der Waals surface area contributed by atoms with E-state index >= 15 is 0 Å². The summed E-state index contributed by atoms with van der Waals surface area (Å²) >= 11 is 0. The summed E-state index contributed by atoms with van der Waals surface area (Å²) in [6.07, 6.45) is 7.13. The van der Waals surface area contributed by atoms with Gasteiger partial charge in [0.2, 0.25) is 5.89 Å². The van der Waals surface area contributed by atoms with Crippen molar-refractivity contribution in [1.29, 1.82) is 0 Å². The van der Waals surface area contributed by atoms with Crippen LogP contribution in [0.5, 0.6) is 0 Å². The second kappa shape index (κ2) is 5.68. The molecule has 0 N–H and O–H groups in total. The standard InChI is InChI=1S/C16H20N4O2/c21-16-7-2-8-17-20(16)10-12-4-3-9-19(12)11-15-18-13-5-1-6-14(13)22-15/h2,7-8,12H,1,3-6,9-11H2. The Morgan fingerprint density at radius 3 is 3.14 bits per heavy atom. The fraction of sp³-hybridized carbons (Fsp3) is 0.562. The molecule has 1 saturated heterocycles. The van der Waals surface area contributed by atoms with Gasteiger partial charge in [0.15, 0.2) is 0 Å². The van der Waals surface area contributed by atoms with Crippen LogP contribution in [-0.4, -0.2) is 32.3 Å². The predicted molar refractivity (Wildman–Crippen MR) is 80.5 cm³/mol. The molecule has 1 aliphatic carbocycles. The Balaban J connectivity index is 1.46. The lowest BCUT2D eigenvalue weighted by molar-refractivity contribution is 0.196. The number of aryl methyl sites for hydroxylation is 2. The Morgan fingerprint density at radius 2 is 2.27 bits per heavy atom. The number of hydrogen-bond acceptors (Lipinski definition) is 5. The highest BCUT2D eigenvalue weighted by Gasteiger charge is 2.28. The molecule has 0 aromatic carbocycles. The molecule has 0 saturated carbocycles. The lowest BCUT2D eigenvalue weighted by atomic mass is 10.2. The Labute approximate surface area is 128 Å². The molecule has 0 amide bonds. The third-order valence-corrected chi connectivity index (χ3v) is 4.65. The summed E-state index contributed by atoms with van der Waals surface area (Å²) in [4.78, 5) is 18.8. The lowest BCUT2D eigenvalue weighted by Crippen LogP contribution is -2.36. The normalized spacial score (nSPS) is 21.4. The Kier molecular flexibility index (Phi) is 3.54. The number of nitrogens with zero attached hydrogens (tertiary/aromatic N) is 4. The number of oxazole rings is 1. The Bertz CT molecular complexity index is 699. The van der Waals surface area contributed by atoms with Crippen LogP contribution in [0, 0.1) is 0 Å². The number of aromatic nitrogens is 3. The molecule has 0 radical (unpaired) electrons. The highest BCUT2D eigenvalue weighted by Crippen LogP contribution is 2.25. The number of hydrogen-bond donors (Lipinski definition) is 0. The van der Waals surface area contributed by atoms with Crippen LogP contribution in [0.15, 0.2) is 27.5 Å². The average Bonchev–Trinajstić information content (AvgIpc) is 3.19. The van der Waals surface area contributed by atoms with Crippen LogP contribution >= 0.6 is 0 Å². The quantitative estimate of drug-likeness (QED) is 0.853. The second-order valence-electron chi connectivity index (χ2n) is 6.14. The van der Waals surface area contributed by atoms with Gasteiger partial charge in [-0.1, -0.05) is 0 Å². The van der Waals surface area contributed by atoms with E-state index in [1.54, 1.807) is 23.0 Å². The van der Waals surface area contributed by atoms with Crippen LogP contribution in [0.3, 0.4) is 0 Å². The van der Waals surface area contributed by atoms with Crippen molar-refractivity contribution in [3.63, 3.8) is 0 Å². The average molecular weight is 300 g/mol. The van der Waals surface area contributed by atoms with Gasteiger partial charge in [-0.05, 0) is 38.3 Å². The molecule has 116 valence electrons. The van der Waals surface area contributed by atoms with Crippen molar-refractivity contribution in [2.24, 2.45) is 0 Å². The van der Waals surface area contributed by atoms with Gasteiger partial charge in [-0.2, -0.15) is 5.10 Å². The predicted octanol–water partition coefficient (Wildman–Crippen LogP) is 1.38. The van der Waals surface area contributed by atoms with Crippen molar-refractivity contribution in [2.45, 2.75) is 51.2 Å². The molecule has 4 rings (SSSR count). The zero-order valence-corrected chi connectivity index (χ0v) is 12.6. The van der Waals surface area contributed by atoms with Gasteiger partial charge in [-0.15, -0.1) is 0 Å². The van der Waals surface area contributed by atoms with E-state index in [2.05, 4.69) is 15.0 Å². The summed E-state index contributed by atoms with van der Waals surface area (Å²) in [5, 5.41) is 4.16. The molecule has 22 heavy (non-hydrogen) atoms. The van der Waals surface area contributed by atoms with Crippen LogP contribution in [0.2, 0.25) is 0 Å². The number of rotatable bonds is 4. The maximum Gasteiger partial charge on any atom is 0.266 e. The third-order valence-electron chi connectivity index (χ3n) is 4.65. The summed E-state index contributed by atoms with van der Waals surface area (Å²) in [5.41, 5.74) is 1.11. The van der Waals surface area contributed by atoms with Crippen LogP contribution < -0.4 is 5.56 Å². The third kappa shape index (κ3) is 2.59. The molecule has 2 aromatic heterocycles. The first-order valence-electron chi connectivity index (χ1n) is 8.03. The van der Waals surface area contributed by atoms with Gasteiger partial charge in [0.05, 0.1) is 18.8 Å². The number of fused-ring (bicyclic) bond motifs is 1. The van der Waals surface area contributed by atoms with E-state index < -0.39 is 0 Å².